The van der Waals surface area contributed by atoms with Crippen LogP contribution in [0.25, 0.3) is 0 Å². The predicted octanol–water partition coefficient (Wildman–Crippen LogP) is 3.05. The second-order valence-electron chi connectivity index (χ2n) is 3.69. The van der Waals surface area contributed by atoms with Crippen molar-refractivity contribution in [3.05, 3.63) is 12.2 Å². The lowest BCUT2D eigenvalue weighted by Gasteiger charge is -2.22. The fraction of sp³-hybridized carbons (Fsp3) is 0.818. The van der Waals surface area contributed by atoms with Crippen LogP contribution in [0.4, 0.5) is 0 Å². The Kier molecular flexibility index (Phi) is 5.49. The molecule has 1 fully saturated rings. The van der Waals surface area contributed by atoms with Crippen molar-refractivity contribution >= 4 is 11.6 Å². The Balaban J connectivity index is 2.26. The molecule has 1 rings (SSSR count). The maximum absolute atomic E-state index is 5.70. The van der Waals surface area contributed by atoms with Gasteiger partial charge in [0.15, 0.2) is 0 Å². The van der Waals surface area contributed by atoms with Crippen LogP contribution in [-0.2, 0) is 0 Å². The highest BCUT2D eigenvalue weighted by atomic mass is 35.5. The predicted molar refractivity (Wildman–Crippen MR) is 59.4 cm³/mol. The summed E-state index contributed by atoms with van der Waals surface area (Å²) < 4.78 is 0. The molecule has 76 valence electrons. The number of allylic oxidation sites excluding steroid dienone is 1. The van der Waals surface area contributed by atoms with Gasteiger partial charge in [0.2, 0.25) is 0 Å². The lowest BCUT2D eigenvalue weighted by Crippen LogP contribution is -2.29. The van der Waals surface area contributed by atoms with E-state index in [1.165, 1.54) is 32.2 Å². The van der Waals surface area contributed by atoms with Crippen molar-refractivity contribution in [2.45, 2.75) is 38.6 Å². The Morgan fingerprint density at radius 2 is 2.38 bits per heavy atom. The summed E-state index contributed by atoms with van der Waals surface area (Å²) in [5.41, 5.74) is 0. The van der Waals surface area contributed by atoms with E-state index in [9.17, 15) is 0 Å². The van der Waals surface area contributed by atoms with Crippen LogP contribution in [0.2, 0.25) is 0 Å². The normalized spacial score (nSPS) is 24.6. The number of rotatable bonds is 5. The first-order valence-electron chi connectivity index (χ1n) is 5.29. The summed E-state index contributed by atoms with van der Waals surface area (Å²) in [6.45, 7) is 4.49. The van der Waals surface area contributed by atoms with E-state index in [1.807, 2.05) is 0 Å². The smallest absolute Gasteiger partial charge is 0.0224 e. The summed E-state index contributed by atoms with van der Waals surface area (Å²) >= 11 is 5.70. The maximum Gasteiger partial charge on any atom is 0.0224 e. The van der Waals surface area contributed by atoms with Gasteiger partial charge in [-0.15, -0.1) is 11.6 Å². The molecule has 13 heavy (non-hydrogen) atoms. The largest absolute Gasteiger partial charge is 0.297 e. The van der Waals surface area contributed by atoms with Crippen molar-refractivity contribution in [1.29, 1.82) is 0 Å². The van der Waals surface area contributed by atoms with E-state index in [0.29, 0.717) is 0 Å². The highest BCUT2D eigenvalue weighted by Crippen LogP contribution is 2.21. The van der Waals surface area contributed by atoms with Gasteiger partial charge in [-0.2, -0.15) is 0 Å². The zero-order valence-electron chi connectivity index (χ0n) is 8.51. The van der Waals surface area contributed by atoms with E-state index >= 15 is 0 Å². The van der Waals surface area contributed by atoms with Crippen molar-refractivity contribution in [2.24, 2.45) is 0 Å². The topological polar surface area (TPSA) is 3.24 Å². The van der Waals surface area contributed by atoms with E-state index in [0.717, 1.165) is 18.5 Å². The number of halogens is 1. The molecule has 0 N–H and O–H groups in total. The Labute approximate surface area is 86.8 Å². The van der Waals surface area contributed by atoms with Gasteiger partial charge in [0.05, 0.1) is 0 Å². The fourth-order valence-electron chi connectivity index (χ4n) is 2.02. The molecule has 1 aliphatic heterocycles. The average Bonchev–Trinajstić information content (AvgIpc) is 2.59. The molecule has 1 nitrogen and oxygen atoms in total. The minimum Gasteiger partial charge on any atom is -0.297 e. The molecule has 0 aromatic rings. The van der Waals surface area contributed by atoms with Crippen LogP contribution in [0.1, 0.15) is 32.6 Å². The van der Waals surface area contributed by atoms with E-state index in [1.54, 1.807) is 0 Å². The summed E-state index contributed by atoms with van der Waals surface area (Å²) in [6, 6.07) is 0.801. The molecule has 0 saturated carbocycles. The Hall–Kier alpha value is -0.0100. The van der Waals surface area contributed by atoms with Gasteiger partial charge < -0.3 is 0 Å². The second-order valence-corrected chi connectivity index (χ2v) is 4.07. The van der Waals surface area contributed by atoms with Crippen molar-refractivity contribution in [1.82, 2.24) is 4.90 Å². The molecule has 2 heteroatoms. The maximum atomic E-state index is 5.70. The second kappa shape index (κ2) is 6.44. The number of nitrogens with zero attached hydrogens (tertiary/aromatic N) is 1. The third-order valence-electron chi connectivity index (χ3n) is 2.75. The standard InChI is InChI=1S/C11H20ClN/c1-2-3-9-13-10-5-7-11(13)6-4-8-12/h2-3,11H,4-10H2,1H3/b3-2+. The summed E-state index contributed by atoms with van der Waals surface area (Å²) in [4.78, 5) is 2.58. The van der Waals surface area contributed by atoms with Crippen LogP contribution in [0, 0.1) is 0 Å². The third kappa shape index (κ3) is 3.70. The molecule has 1 atom stereocenters. The zero-order valence-corrected chi connectivity index (χ0v) is 9.26. The van der Waals surface area contributed by atoms with Gasteiger partial charge in [-0.1, -0.05) is 12.2 Å². The minimum atomic E-state index is 0.801. The van der Waals surface area contributed by atoms with Crippen LogP contribution in [0.5, 0.6) is 0 Å². The quantitative estimate of drug-likeness (QED) is 0.488. The molecular weight excluding hydrogens is 182 g/mol. The van der Waals surface area contributed by atoms with Crippen LogP contribution < -0.4 is 0 Å². The van der Waals surface area contributed by atoms with Crippen LogP contribution >= 0.6 is 11.6 Å². The van der Waals surface area contributed by atoms with Crippen molar-refractivity contribution in [3.8, 4) is 0 Å². The van der Waals surface area contributed by atoms with Crippen LogP contribution in [0.15, 0.2) is 12.2 Å². The molecule has 0 aromatic heterocycles. The molecule has 0 amide bonds. The van der Waals surface area contributed by atoms with E-state index < -0.39 is 0 Å². The molecule has 0 aromatic carbocycles. The SMILES string of the molecule is C/C=C/CN1CCCC1CCCCl. The van der Waals surface area contributed by atoms with Crippen LogP contribution in [-0.4, -0.2) is 29.9 Å². The first-order valence-corrected chi connectivity index (χ1v) is 5.83. The summed E-state index contributed by atoms with van der Waals surface area (Å²) in [5, 5.41) is 0. The highest BCUT2D eigenvalue weighted by molar-refractivity contribution is 6.17. The van der Waals surface area contributed by atoms with Gasteiger partial charge in [0.1, 0.15) is 0 Å². The van der Waals surface area contributed by atoms with Crippen LogP contribution in [0.3, 0.4) is 0 Å². The number of alkyl halides is 1. The lowest BCUT2D eigenvalue weighted by molar-refractivity contribution is 0.267. The Morgan fingerprint density at radius 3 is 3.08 bits per heavy atom. The third-order valence-corrected chi connectivity index (χ3v) is 3.01. The van der Waals surface area contributed by atoms with Crippen molar-refractivity contribution in [3.63, 3.8) is 0 Å². The van der Waals surface area contributed by atoms with Gasteiger partial charge in [-0.05, 0) is 39.2 Å². The van der Waals surface area contributed by atoms with Gasteiger partial charge in [-0.25, -0.2) is 0 Å². The molecule has 0 spiro atoms. The fourth-order valence-corrected chi connectivity index (χ4v) is 2.17. The molecule has 0 radical (unpaired) electrons. The number of hydrogen-bond acceptors (Lipinski definition) is 1. The van der Waals surface area contributed by atoms with Gasteiger partial charge in [0.25, 0.3) is 0 Å². The molecule has 0 aliphatic carbocycles. The first-order chi connectivity index (χ1) is 6.38. The molecule has 1 saturated heterocycles. The monoisotopic (exact) mass is 201 g/mol. The van der Waals surface area contributed by atoms with E-state index in [2.05, 4.69) is 24.0 Å². The first kappa shape index (κ1) is 11.1. The molecule has 1 aliphatic rings. The Morgan fingerprint density at radius 1 is 1.54 bits per heavy atom. The van der Waals surface area contributed by atoms with Gasteiger partial charge in [0, 0.05) is 18.5 Å². The van der Waals surface area contributed by atoms with E-state index in [4.69, 9.17) is 11.6 Å². The molecule has 1 heterocycles. The van der Waals surface area contributed by atoms with E-state index in [-0.39, 0.29) is 0 Å². The summed E-state index contributed by atoms with van der Waals surface area (Å²) in [7, 11) is 0. The lowest BCUT2D eigenvalue weighted by atomic mass is 10.1. The van der Waals surface area contributed by atoms with Gasteiger partial charge >= 0.3 is 0 Å². The molecule has 0 bridgehead atoms. The number of hydrogen-bond donors (Lipinski definition) is 0. The molecular formula is C11H20ClN. The minimum absolute atomic E-state index is 0.801. The van der Waals surface area contributed by atoms with Gasteiger partial charge in [-0.3, -0.25) is 4.90 Å². The summed E-state index contributed by atoms with van der Waals surface area (Å²) in [5.74, 6) is 0.813. The average molecular weight is 202 g/mol. The Bertz CT molecular complexity index is 156. The molecule has 1 unspecified atom stereocenters. The zero-order chi connectivity index (χ0) is 9.52. The summed E-state index contributed by atoms with van der Waals surface area (Å²) in [6.07, 6.45) is 9.56. The van der Waals surface area contributed by atoms with Crippen molar-refractivity contribution in [2.75, 3.05) is 19.0 Å². The highest BCUT2D eigenvalue weighted by Gasteiger charge is 2.22. The van der Waals surface area contributed by atoms with Crippen molar-refractivity contribution < 1.29 is 0 Å². The number of likely N-dealkylation sites (tertiary alicyclic amines) is 1.